The maximum atomic E-state index is 12.1. The summed E-state index contributed by atoms with van der Waals surface area (Å²) >= 11 is 0. The number of amides is 1. The van der Waals surface area contributed by atoms with Gasteiger partial charge in [0.05, 0.1) is 13.0 Å². The SMILES string of the molecule is Cc1cccc(-c2noc(CNC(=O)Cc3ccc(C)cc3C)n2)c1. The van der Waals surface area contributed by atoms with Crippen LogP contribution in [-0.4, -0.2) is 16.0 Å². The third kappa shape index (κ3) is 4.32. The van der Waals surface area contributed by atoms with E-state index >= 15 is 0 Å². The number of rotatable bonds is 5. The van der Waals surface area contributed by atoms with Gasteiger partial charge in [-0.25, -0.2) is 0 Å². The van der Waals surface area contributed by atoms with Crippen LogP contribution in [0.25, 0.3) is 11.4 Å². The molecule has 5 heteroatoms. The van der Waals surface area contributed by atoms with E-state index in [9.17, 15) is 4.79 Å². The average molecular weight is 335 g/mol. The fourth-order valence-corrected chi connectivity index (χ4v) is 2.68. The fourth-order valence-electron chi connectivity index (χ4n) is 2.68. The monoisotopic (exact) mass is 335 g/mol. The highest BCUT2D eigenvalue weighted by atomic mass is 16.5. The summed E-state index contributed by atoms with van der Waals surface area (Å²) in [6.07, 6.45) is 0.338. The second kappa shape index (κ2) is 7.30. The first-order chi connectivity index (χ1) is 12.0. The summed E-state index contributed by atoms with van der Waals surface area (Å²) in [4.78, 5) is 16.5. The van der Waals surface area contributed by atoms with Crippen LogP contribution >= 0.6 is 0 Å². The molecule has 0 aliphatic heterocycles. The van der Waals surface area contributed by atoms with Crippen LogP contribution in [0.4, 0.5) is 0 Å². The third-order valence-electron chi connectivity index (χ3n) is 4.03. The summed E-state index contributed by atoms with van der Waals surface area (Å²) < 4.78 is 5.22. The molecule has 0 unspecified atom stereocenters. The molecule has 5 nitrogen and oxygen atoms in total. The Labute approximate surface area is 147 Å². The van der Waals surface area contributed by atoms with Gasteiger partial charge >= 0.3 is 0 Å². The molecule has 1 N–H and O–H groups in total. The van der Waals surface area contributed by atoms with E-state index < -0.39 is 0 Å². The van der Waals surface area contributed by atoms with Gasteiger partial charge in [-0.15, -0.1) is 0 Å². The molecule has 0 saturated heterocycles. The predicted molar refractivity (Wildman–Crippen MR) is 95.9 cm³/mol. The van der Waals surface area contributed by atoms with Crippen LogP contribution in [0.2, 0.25) is 0 Å². The first kappa shape index (κ1) is 16.9. The molecular weight excluding hydrogens is 314 g/mol. The number of hydrogen-bond acceptors (Lipinski definition) is 4. The highest BCUT2D eigenvalue weighted by molar-refractivity contribution is 5.78. The van der Waals surface area contributed by atoms with Crippen molar-refractivity contribution in [1.82, 2.24) is 15.5 Å². The van der Waals surface area contributed by atoms with Crippen molar-refractivity contribution in [3.05, 3.63) is 70.6 Å². The molecular formula is C20H21N3O2. The summed E-state index contributed by atoms with van der Waals surface area (Å²) in [5, 5.41) is 6.81. The Balaban J connectivity index is 1.59. The van der Waals surface area contributed by atoms with E-state index in [1.165, 1.54) is 5.56 Å². The highest BCUT2D eigenvalue weighted by Crippen LogP contribution is 2.17. The Bertz CT molecular complexity index is 899. The lowest BCUT2D eigenvalue weighted by atomic mass is 10.0. The van der Waals surface area contributed by atoms with E-state index in [-0.39, 0.29) is 12.5 Å². The molecule has 3 rings (SSSR count). The molecule has 0 radical (unpaired) electrons. The fraction of sp³-hybridized carbons (Fsp3) is 0.250. The van der Waals surface area contributed by atoms with Crippen molar-refractivity contribution in [2.24, 2.45) is 0 Å². The van der Waals surface area contributed by atoms with Crippen LogP contribution in [0.5, 0.6) is 0 Å². The molecule has 128 valence electrons. The van der Waals surface area contributed by atoms with Gasteiger partial charge in [0.15, 0.2) is 0 Å². The minimum Gasteiger partial charge on any atom is -0.347 e. The predicted octanol–water partition coefficient (Wildman–Crippen LogP) is 3.52. The standard InChI is InChI=1S/C20H21N3O2/c1-13-5-4-6-17(10-13)20-22-19(25-23-20)12-21-18(24)11-16-8-7-14(2)9-15(16)3/h4-10H,11-12H2,1-3H3,(H,21,24). The number of hydrogen-bond donors (Lipinski definition) is 1. The third-order valence-corrected chi connectivity index (χ3v) is 4.03. The Morgan fingerprint density at radius 3 is 2.64 bits per heavy atom. The van der Waals surface area contributed by atoms with Crippen molar-refractivity contribution in [2.45, 2.75) is 33.7 Å². The van der Waals surface area contributed by atoms with Crippen LogP contribution < -0.4 is 5.32 Å². The lowest BCUT2D eigenvalue weighted by Crippen LogP contribution is -2.25. The molecule has 0 saturated carbocycles. The molecule has 0 spiro atoms. The maximum Gasteiger partial charge on any atom is 0.246 e. The molecule has 0 aliphatic rings. The summed E-state index contributed by atoms with van der Waals surface area (Å²) in [7, 11) is 0. The van der Waals surface area contributed by atoms with Crippen LogP contribution in [-0.2, 0) is 17.8 Å². The van der Waals surface area contributed by atoms with Gasteiger partial charge in [0.1, 0.15) is 0 Å². The van der Waals surface area contributed by atoms with Gasteiger partial charge in [0.2, 0.25) is 17.6 Å². The van der Waals surface area contributed by atoms with E-state index in [2.05, 4.69) is 21.5 Å². The molecule has 2 aromatic carbocycles. The zero-order chi connectivity index (χ0) is 17.8. The minimum absolute atomic E-state index is 0.0674. The molecule has 0 aliphatic carbocycles. The summed E-state index contributed by atoms with van der Waals surface area (Å²) in [6, 6.07) is 14.0. The van der Waals surface area contributed by atoms with Crippen molar-refractivity contribution in [1.29, 1.82) is 0 Å². The molecule has 0 atom stereocenters. The van der Waals surface area contributed by atoms with Crippen molar-refractivity contribution in [3.8, 4) is 11.4 Å². The molecule has 3 aromatic rings. The first-order valence-corrected chi connectivity index (χ1v) is 8.24. The normalized spacial score (nSPS) is 10.7. The van der Waals surface area contributed by atoms with E-state index in [1.54, 1.807) is 0 Å². The second-order valence-electron chi connectivity index (χ2n) is 6.26. The minimum atomic E-state index is -0.0674. The van der Waals surface area contributed by atoms with E-state index in [1.807, 2.05) is 57.2 Å². The first-order valence-electron chi connectivity index (χ1n) is 8.24. The number of carbonyl (C=O) groups is 1. The number of aromatic nitrogens is 2. The highest BCUT2D eigenvalue weighted by Gasteiger charge is 2.11. The Morgan fingerprint density at radius 2 is 1.88 bits per heavy atom. The summed E-state index contributed by atoms with van der Waals surface area (Å²) in [6.45, 7) is 6.29. The zero-order valence-corrected chi connectivity index (χ0v) is 14.7. The van der Waals surface area contributed by atoms with Crippen molar-refractivity contribution in [3.63, 3.8) is 0 Å². The quantitative estimate of drug-likeness (QED) is 0.774. The topological polar surface area (TPSA) is 68.0 Å². The average Bonchev–Trinajstić information content (AvgIpc) is 3.05. The van der Waals surface area contributed by atoms with Crippen LogP contribution in [0.1, 0.15) is 28.1 Å². The van der Waals surface area contributed by atoms with Gasteiger partial charge in [-0.3, -0.25) is 4.79 Å². The molecule has 0 fully saturated rings. The molecule has 1 amide bonds. The molecule has 1 aromatic heterocycles. The van der Waals surface area contributed by atoms with Gasteiger partial charge in [0, 0.05) is 5.56 Å². The van der Waals surface area contributed by atoms with E-state index in [4.69, 9.17) is 4.52 Å². The molecule has 1 heterocycles. The number of carbonyl (C=O) groups excluding carboxylic acids is 1. The number of nitrogens with one attached hydrogen (secondary N) is 1. The van der Waals surface area contributed by atoms with Gasteiger partial charge in [-0.05, 0) is 38.0 Å². The second-order valence-corrected chi connectivity index (χ2v) is 6.26. The van der Waals surface area contributed by atoms with Crippen molar-refractivity contribution in [2.75, 3.05) is 0 Å². The van der Waals surface area contributed by atoms with E-state index in [0.717, 1.165) is 22.3 Å². The molecule has 25 heavy (non-hydrogen) atoms. The van der Waals surface area contributed by atoms with Gasteiger partial charge in [0.25, 0.3) is 0 Å². The number of benzene rings is 2. The lowest BCUT2D eigenvalue weighted by Gasteiger charge is -2.07. The van der Waals surface area contributed by atoms with Gasteiger partial charge in [-0.2, -0.15) is 4.98 Å². The number of nitrogens with zero attached hydrogens (tertiary/aromatic N) is 2. The smallest absolute Gasteiger partial charge is 0.246 e. The van der Waals surface area contributed by atoms with Crippen molar-refractivity contribution >= 4 is 5.91 Å². The molecule has 0 bridgehead atoms. The van der Waals surface area contributed by atoms with Crippen molar-refractivity contribution < 1.29 is 9.32 Å². The van der Waals surface area contributed by atoms with Gasteiger partial charge in [-0.1, -0.05) is 52.7 Å². The Kier molecular flexibility index (Phi) is 4.93. The number of aryl methyl sites for hydroxylation is 3. The van der Waals surface area contributed by atoms with Crippen LogP contribution in [0, 0.1) is 20.8 Å². The van der Waals surface area contributed by atoms with Gasteiger partial charge < -0.3 is 9.84 Å². The summed E-state index contributed by atoms with van der Waals surface area (Å²) in [5.74, 6) is 0.857. The largest absolute Gasteiger partial charge is 0.347 e. The van der Waals surface area contributed by atoms with Crippen LogP contribution in [0.3, 0.4) is 0 Å². The van der Waals surface area contributed by atoms with Crippen LogP contribution in [0.15, 0.2) is 47.0 Å². The maximum absolute atomic E-state index is 12.1. The lowest BCUT2D eigenvalue weighted by molar-refractivity contribution is -0.120. The Hall–Kier alpha value is -2.95. The Morgan fingerprint density at radius 1 is 1.08 bits per heavy atom. The summed E-state index contributed by atoms with van der Waals surface area (Å²) in [5.41, 5.74) is 5.36. The zero-order valence-electron chi connectivity index (χ0n) is 14.7. The van der Waals surface area contributed by atoms with E-state index in [0.29, 0.717) is 18.1 Å².